The Morgan fingerprint density at radius 1 is 1.38 bits per heavy atom. The molecule has 2 aromatic carbocycles. The highest BCUT2D eigenvalue weighted by Crippen LogP contribution is 2.37. The largest absolute Gasteiger partial charge is 0.503 e. The SMILES string of the molecule is CCOc1cc(/C=C2/SC(=Nc3cccc(Cl)c3)NC2=O)cc(Br)c1O. The average Bonchev–Trinajstić information content (AvgIpc) is 2.91. The van der Waals surface area contributed by atoms with Gasteiger partial charge in [-0.05, 0) is 76.6 Å². The van der Waals surface area contributed by atoms with E-state index in [1.165, 1.54) is 11.8 Å². The van der Waals surface area contributed by atoms with Gasteiger partial charge in [0.15, 0.2) is 16.7 Å². The Morgan fingerprint density at radius 2 is 2.19 bits per heavy atom. The van der Waals surface area contributed by atoms with Crippen molar-refractivity contribution in [2.45, 2.75) is 6.92 Å². The van der Waals surface area contributed by atoms with Crippen LogP contribution in [0.2, 0.25) is 5.02 Å². The van der Waals surface area contributed by atoms with Crippen molar-refractivity contribution in [1.82, 2.24) is 5.32 Å². The van der Waals surface area contributed by atoms with Crippen LogP contribution >= 0.6 is 39.3 Å². The molecule has 0 aromatic heterocycles. The highest BCUT2D eigenvalue weighted by atomic mass is 79.9. The van der Waals surface area contributed by atoms with Crippen LogP contribution in [0.4, 0.5) is 5.69 Å². The molecule has 0 saturated carbocycles. The van der Waals surface area contributed by atoms with Gasteiger partial charge < -0.3 is 15.2 Å². The van der Waals surface area contributed by atoms with E-state index in [9.17, 15) is 9.90 Å². The first kappa shape index (κ1) is 18.8. The lowest BCUT2D eigenvalue weighted by atomic mass is 10.2. The van der Waals surface area contributed by atoms with Gasteiger partial charge in [-0.3, -0.25) is 4.79 Å². The summed E-state index contributed by atoms with van der Waals surface area (Å²) in [6, 6.07) is 10.5. The van der Waals surface area contributed by atoms with Gasteiger partial charge in [0.05, 0.1) is 21.7 Å². The Morgan fingerprint density at radius 3 is 2.92 bits per heavy atom. The zero-order valence-electron chi connectivity index (χ0n) is 13.6. The van der Waals surface area contributed by atoms with E-state index < -0.39 is 0 Å². The third-order valence-corrected chi connectivity index (χ3v) is 5.09. The first-order valence-electron chi connectivity index (χ1n) is 7.66. The third kappa shape index (κ3) is 4.41. The molecular weight excluding hydrogens is 440 g/mol. The summed E-state index contributed by atoms with van der Waals surface area (Å²) >= 11 is 10.5. The van der Waals surface area contributed by atoms with Gasteiger partial charge in [-0.1, -0.05) is 17.7 Å². The molecule has 5 nitrogen and oxygen atoms in total. The fourth-order valence-electron chi connectivity index (χ4n) is 2.24. The number of nitrogens with one attached hydrogen (secondary N) is 1. The maximum atomic E-state index is 12.2. The second-order valence-corrected chi connectivity index (χ2v) is 7.57. The predicted octanol–water partition coefficient (Wildman–Crippen LogP) is 5.10. The maximum Gasteiger partial charge on any atom is 0.264 e. The van der Waals surface area contributed by atoms with Crippen molar-refractivity contribution in [3.63, 3.8) is 0 Å². The van der Waals surface area contributed by atoms with Crippen molar-refractivity contribution < 1.29 is 14.6 Å². The number of hydrogen-bond donors (Lipinski definition) is 2. The lowest BCUT2D eigenvalue weighted by Crippen LogP contribution is -2.19. The number of hydrogen-bond acceptors (Lipinski definition) is 5. The monoisotopic (exact) mass is 452 g/mol. The van der Waals surface area contributed by atoms with E-state index in [4.69, 9.17) is 16.3 Å². The normalized spacial score (nSPS) is 17.0. The molecule has 1 amide bonds. The Hall–Kier alpha value is -1.96. The Bertz CT molecular complexity index is 931. The van der Waals surface area contributed by atoms with E-state index in [1.54, 1.807) is 42.5 Å². The molecule has 1 aliphatic heterocycles. The number of carbonyl (C=O) groups is 1. The van der Waals surface area contributed by atoms with Crippen LogP contribution in [0.25, 0.3) is 6.08 Å². The van der Waals surface area contributed by atoms with Crippen LogP contribution < -0.4 is 10.1 Å². The van der Waals surface area contributed by atoms with E-state index in [0.717, 1.165) is 5.56 Å². The maximum absolute atomic E-state index is 12.2. The predicted molar refractivity (Wildman–Crippen MR) is 109 cm³/mol. The van der Waals surface area contributed by atoms with Gasteiger partial charge in [-0.2, -0.15) is 0 Å². The van der Waals surface area contributed by atoms with Gasteiger partial charge in [0.1, 0.15) is 0 Å². The molecule has 8 heteroatoms. The summed E-state index contributed by atoms with van der Waals surface area (Å²) in [6.45, 7) is 2.25. The van der Waals surface area contributed by atoms with Gasteiger partial charge >= 0.3 is 0 Å². The number of aliphatic imine (C=N–C) groups is 1. The molecule has 0 aliphatic carbocycles. The number of amides is 1. The van der Waals surface area contributed by atoms with Crippen LogP contribution in [0.3, 0.4) is 0 Å². The smallest absolute Gasteiger partial charge is 0.264 e. The summed E-state index contributed by atoms with van der Waals surface area (Å²) in [5.74, 6) is 0.142. The minimum atomic E-state index is -0.238. The number of phenols is 1. The number of ether oxygens (including phenoxy) is 1. The number of thioether (sulfide) groups is 1. The lowest BCUT2D eigenvalue weighted by Gasteiger charge is -2.08. The standard InChI is InChI=1S/C18H14BrClN2O3S/c1-2-25-14-7-10(6-13(19)16(14)23)8-15-17(24)22-18(26-15)21-12-5-3-4-11(20)9-12/h3-9,23H,2H2,1H3,(H,21,22,24)/b15-8+. The molecule has 134 valence electrons. The molecule has 1 fully saturated rings. The first-order valence-corrected chi connectivity index (χ1v) is 9.65. The van der Waals surface area contributed by atoms with E-state index >= 15 is 0 Å². The number of rotatable bonds is 4. The van der Waals surface area contributed by atoms with Crippen molar-refractivity contribution in [2.75, 3.05) is 6.61 Å². The Labute approximate surface area is 168 Å². The number of amidine groups is 1. The molecule has 0 radical (unpaired) electrons. The molecular formula is C18H14BrClN2O3S. The molecule has 1 saturated heterocycles. The summed E-state index contributed by atoms with van der Waals surface area (Å²) in [4.78, 5) is 17.1. The molecule has 2 aromatic rings. The lowest BCUT2D eigenvalue weighted by molar-refractivity contribution is -0.115. The molecule has 0 bridgehead atoms. The van der Waals surface area contributed by atoms with Crippen molar-refractivity contribution in [2.24, 2.45) is 4.99 Å². The van der Waals surface area contributed by atoms with Gasteiger partial charge in [-0.25, -0.2) is 4.99 Å². The van der Waals surface area contributed by atoms with Gasteiger partial charge in [0, 0.05) is 5.02 Å². The summed E-state index contributed by atoms with van der Waals surface area (Å²) in [6.07, 6.45) is 1.72. The fourth-order valence-corrected chi connectivity index (χ4v) is 3.72. The second kappa shape index (κ2) is 8.16. The van der Waals surface area contributed by atoms with Crippen LogP contribution in [-0.2, 0) is 4.79 Å². The second-order valence-electron chi connectivity index (χ2n) is 5.24. The van der Waals surface area contributed by atoms with E-state index in [-0.39, 0.29) is 11.7 Å². The average molecular weight is 454 g/mol. The molecule has 0 spiro atoms. The number of benzene rings is 2. The molecule has 0 unspecified atom stereocenters. The van der Waals surface area contributed by atoms with Crippen LogP contribution in [0, 0.1) is 0 Å². The van der Waals surface area contributed by atoms with Gasteiger partial charge in [0.2, 0.25) is 0 Å². The number of nitrogens with zero attached hydrogens (tertiary/aromatic N) is 1. The Kier molecular flexibility index (Phi) is 5.90. The summed E-state index contributed by atoms with van der Waals surface area (Å²) in [7, 11) is 0. The molecule has 26 heavy (non-hydrogen) atoms. The zero-order valence-corrected chi connectivity index (χ0v) is 16.8. The number of halogens is 2. The molecule has 0 atom stereocenters. The Balaban J connectivity index is 1.87. The highest BCUT2D eigenvalue weighted by molar-refractivity contribution is 9.10. The van der Waals surface area contributed by atoms with Crippen LogP contribution in [0.5, 0.6) is 11.5 Å². The van der Waals surface area contributed by atoms with Crippen LogP contribution in [0.15, 0.2) is 50.8 Å². The number of aromatic hydroxyl groups is 1. The summed E-state index contributed by atoms with van der Waals surface area (Å²) in [5.41, 5.74) is 1.38. The molecule has 1 heterocycles. The molecule has 1 aliphatic rings. The minimum absolute atomic E-state index is 0.0285. The minimum Gasteiger partial charge on any atom is -0.503 e. The summed E-state index contributed by atoms with van der Waals surface area (Å²) < 4.78 is 5.90. The fraction of sp³-hybridized carbons (Fsp3) is 0.111. The number of carbonyl (C=O) groups excluding carboxylic acids is 1. The first-order chi connectivity index (χ1) is 12.5. The topological polar surface area (TPSA) is 70.9 Å². The van der Waals surface area contributed by atoms with Gasteiger partial charge in [0.25, 0.3) is 5.91 Å². The van der Waals surface area contributed by atoms with Crippen molar-refractivity contribution in [1.29, 1.82) is 0 Å². The highest BCUT2D eigenvalue weighted by Gasteiger charge is 2.24. The van der Waals surface area contributed by atoms with Gasteiger partial charge in [-0.15, -0.1) is 0 Å². The third-order valence-electron chi connectivity index (χ3n) is 3.34. The quantitative estimate of drug-likeness (QED) is 0.632. The van der Waals surface area contributed by atoms with Crippen molar-refractivity contribution in [3.8, 4) is 11.5 Å². The van der Waals surface area contributed by atoms with Crippen LogP contribution in [0.1, 0.15) is 12.5 Å². The molecule has 2 N–H and O–H groups in total. The van der Waals surface area contributed by atoms with E-state index in [2.05, 4.69) is 26.2 Å². The van der Waals surface area contributed by atoms with Crippen LogP contribution in [-0.4, -0.2) is 22.8 Å². The molecule has 3 rings (SSSR count). The van der Waals surface area contributed by atoms with E-state index in [1.807, 2.05) is 6.92 Å². The number of phenolic OH excluding ortho intramolecular Hbond substituents is 1. The van der Waals surface area contributed by atoms with Crippen molar-refractivity contribution in [3.05, 3.63) is 56.4 Å². The zero-order chi connectivity index (χ0) is 18.7. The summed E-state index contributed by atoms with van der Waals surface area (Å²) in [5, 5.41) is 13.8. The van der Waals surface area contributed by atoms with E-state index in [0.29, 0.717) is 37.6 Å². The van der Waals surface area contributed by atoms with Crippen molar-refractivity contribution >= 4 is 62.1 Å².